The van der Waals surface area contributed by atoms with Crippen LogP contribution in [0.15, 0.2) is 21.2 Å². The zero-order valence-corrected chi connectivity index (χ0v) is 8.00. The lowest BCUT2D eigenvalue weighted by atomic mass is 10.3. The zero-order chi connectivity index (χ0) is 9.42. The topological polar surface area (TPSA) is 75.8 Å². The summed E-state index contributed by atoms with van der Waals surface area (Å²) in [7, 11) is 0. The number of fused-ring (bicyclic) bond motifs is 1. The van der Waals surface area contributed by atoms with Crippen molar-refractivity contribution in [3.63, 3.8) is 0 Å². The predicted molar refractivity (Wildman–Crippen MR) is 50.8 cm³/mol. The summed E-state index contributed by atoms with van der Waals surface area (Å²) in [4.78, 5) is 3.94. The Bertz CT molecular complexity index is 512. The normalized spacial score (nSPS) is 10.2. The Kier molecular flexibility index (Phi) is 1.71. The molecule has 0 unspecified atom stereocenters. The van der Waals surface area contributed by atoms with Crippen LogP contribution in [0.5, 0.6) is 0 Å². The van der Waals surface area contributed by atoms with Crippen LogP contribution < -0.4 is 5.73 Å². The lowest BCUT2D eigenvalue weighted by Gasteiger charge is -1.93. The first-order valence-electron chi connectivity index (χ1n) is 3.46. The highest BCUT2D eigenvalue weighted by molar-refractivity contribution is 9.10. The molecule has 2 aromatic rings. The van der Waals surface area contributed by atoms with Crippen molar-refractivity contribution in [1.29, 1.82) is 5.26 Å². The number of furan rings is 1. The second kappa shape index (κ2) is 2.75. The third-order valence-corrected chi connectivity index (χ3v) is 2.01. The van der Waals surface area contributed by atoms with Gasteiger partial charge < -0.3 is 10.2 Å². The third kappa shape index (κ3) is 1.25. The van der Waals surface area contributed by atoms with Crippen LogP contribution in [-0.2, 0) is 0 Å². The van der Waals surface area contributed by atoms with Crippen molar-refractivity contribution in [2.45, 2.75) is 0 Å². The number of nitriles is 1. The third-order valence-electron chi connectivity index (χ3n) is 1.61. The van der Waals surface area contributed by atoms with E-state index < -0.39 is 0 Å². The van der Waals surface area contributed by atoms with Crippen molar-refractivity contribution in [2.75, 3.05) is 5.73 Å². The van der Waals surface area contributed by atoms with Gasteiger partial charge in [0.2, 0.25) is 5.76 Å². The van der Waals surface area contributed by atoms with Gasteiger partial charge in [0, 0.05) is 11.5 Å². The molecule has 0 radical (unpaired) electrons. The van der Waals surface area contributed by atoms with E-state index in [1.54, 1.807) is 12.1 Å². The first-order valence-corrected chi connectivity index (χ1v) is 4.25. The van der Waals surface area contributed by atoms with Gasteiger partial charge in [-0.05, 0) is 22.0 Å². The standard InChI is InChI=1S/C8H4BrN3O/c9-6-2-4-1-5(3-10)13-7(4)8(11)12-6/h1-2H,(H2,11,12). The highest BCUT2D eigenvalue weighted by Gasteiger charge is 2.08. The van der Waals surface area contributed by atoms with Crippen LogP contribution in [0.4, 0.5) is 5.82 Å². The lowest BCUT2D eigenvalue weighted by molar-refractivity contribution is 0.599. The van der Waals surface area contributed by atoms with Gasteiger partial charge in [-0.1, -0.05) is 0 Å². The fraction of sp³-hybridized carbons (Fsp3) is 0. The smallest absolute Gasteiger partial charge is 0.204 e. The van der Waals surface area contributed by atoms with Crippen molar-refractivity contribution in [3.8, 4) is 6.07 Å². The van der Waals surface area contributed by atoms with Crippen LogP contribution in [0.2, 0.25) is 0 Å². The van der Waals surface area contributed by atoms with Crippen LogP contribution in [-0.4, -0.2) is 4.98 Å². The Morgan fingerprint density at radius 3 is 3.00 bits per heavy atom. The largest absolute Gasteiger partial charge is 0.442 e. The van der Waals surface area contributed by atoms with Gasteiger partial charge in [-0.15, -0.1) is 0 Å². The molecule has 5 heteroatoms. The number of hydrogen-bond acceptors (Lipinski definition) is 4. The number of hydrogen-bond donors (Lipinski definition) is 1. The van der Waals surface area contributed by atoms with E-state index >= 15 is 0 Å². The van der Waals surface area contributed by atoms with Gasteiger partial charge >= 0.3 is 0 Å². The second-order valence-electron chi connectivity index (χ2n) is 2.47. The molecular formula is C8H4BrN3O. The summed E-state index contributed by atoms with van der Waals surface area (Å²) >= 11 is 3.20. The molecule has 0 amide bonds. The van der Waals surface area contributed by atoms with E-state index in [0.29, 0.717) is 10.2 Å². The van der Waals surface area contributed by atoms with Gasteiger partial charge in [-0.2, -0.15) is 5.26 Å². The monoisotopic (exact) mass is 237 g/mol. The first kappa shape index (κ1) is 8.08. The van der Waals surface area contributed by atoms with Crippen molar-refractivity contribution < 1.29 is 4.42 Å². The number of nitrogen functional groups attached to an aromatic ring is 1. The maximum absolute atomic E-state index is 8.58. The van der Waals surface area contributed by atoms with Crippen molar-refractivity contribution in [2.24, 2.45) is 0 Å². The Labute approximate surface area is 82.1 Å². The highest BCUT2D eigenvalue weighted by atomic mass is 79.9. The molecule has 2 N–H and O–H groups in total. The van der Waals surface area contributed by atoms with Gasteiger partial charge in [0.05, 0.1) is 0 Å². The van der Waals surface area contributed by atoms with E-state index in [-0.39, 0.29) is 11.6 Å². The molecule has 0 saturated heterocycles. The van der Waals surface area contributed by atoms with Crippen LogP contribution in [0.3, 0.4) is 0 Å². The number of halogens is 1. The molecule has 64 valence electrons. The van der Waals surface area contributed by atoms with Crippen LogP contribution in [0.1, 0.15) is 5.76 Å². The fourth-order valence-corrected chi connectivity index (χ4v) is 1.53. The summed E-state index contributed by atoms with van der Waals surface area (Å²) in [6.07, 6.45) is 0. The minimum absolute atomic E-state index is 0.238. The Morgan fingerprint density at radius 1 is 1.54 bits per heavy atom. The molecule has 4 nitrogen and oxygen atoms in total. The minimum atomic E-state index is 0.238. The van der Waals surface area contributed by atoms with E-state index in [1.165, 1.54) is 0 Å². The summed E-state index contributed by atoms with van der Waals surface area (Å²) in [5.74, 6) is 0.521. The van der Waals surface area contributed by atoms with Crippen LogP contribution in [0, 0.1) is 11.3 Å². The van der Waals surface area contributed by atoms with Gasteiger partial charge in [0.1, 0.15) is 10.7 Å². The van der Waals surface area contributed by atoms with Crippen LogP contribution in [0.25, 0.3) is 11.0 Å². The fourth-order valence-electron chi connectivity index (χ4n) is 1.09. The van der Waals surface area contributed by atoms with Gasteiger partial charge in [-0.25, -0.2) is 4.98 Å². The minimum Gasteiger partial charge on any atom is -0.442 e. The number of aromatic nitrogens is 1. The molecule has 0 aromatic carbocycles. The Morgan fingerprint density at radius 2 is 2.31 bits per heavy atom. The van der Waals surface area contributed by atoms with E-state index in [1.807, 2.05) is 6.07 Å². The average Bonchev–Trinajstić information content (AvgIpc) is 2.47. The maximum atomic E-state index is 8.58. The Balaban J connectivity index is 2.84. The SMILES string of the molecule is N#Cc1cc2cc(Br)nc(N)c2o1. The Hall–Kier alpha value is -1.54. The molecule has 0 saturated carbocycles. The second-order valence-corrected chi connectivity index (χ2v) is 3.28. The molecule has 0 spiro atoms. The van der Waals surface area contributed by atoms with E-state index in [0.717, 1.165) is 5.39 Å². The number of pyridine rings is 1. The van der Waals surface area contributed by atoms with Gasteiger partial charge in [0.25, 0.3) is 0 Å². The molecule has 2 aromatic heterocycles. The molecule has 13 heavy (non-hydrogen) atoms. The summed E-state index contributed by atoms with van der Waals surface area (Å²) in [5.41, 5.74) is 6.04. The highest BCUT2D eigenvalue weighted by Crippen LogP contribution is 2.25. The molecule has 0 aliphatic rings. The molecule has 2 rings (SSSR count). The van der Waals surface area contributed by atoms with Crippen molar-refractivity contribution in [3.05, 3.63) is 22.5 Å². The van der Waals surface area contributed by atoms with E-state index in [2.05, 4.69) is 20.9 Å². The summed E-state index contributed by atoms with van der Waals surface area (Å²) in [5, 5.41) is 9.36. The molecule has 0 fully saturated rings. The molecule has 0 bridgehead atoms. The molecule has 0 aliphatic heterocycles. The zero-order valence-electron chi connectivity index (χ0n) is 6.41. The van der Waals surface area contributed by atoms with Crippen LogP contribution >= 0.6 is 15.9 Å². The quantitative estimate of drug-likeness (QED) is 0.712. The van der Waals surface area contributed by atoms with Gasteiger partial charge in [0.15, 0.2) is 11.4 Å². The van der Waals surface area contributed by atoms with E-state index in [4.69, 9.17) is 15.4 Å². The predicted octanol–water partition coefficient (Wildman–Crippen LogP) is 2.04. The number of rotatable bonds is 0. The molecule has 0 aliphatic carbocycles. The number of nitrogens with two attached hydrogens (primary N) is 1. The van der Waals surface area contributed by atoms with E-state index in [9.17, 15) is 0 Å². The molecular weight excluding hydrogens is 234 g/mol. The number of nitrogens with zero attached hydrogens (tertiary/aromatic N) is 2. The summed E-state index contributed by atoms with van der Waals surface area (Å²) in [6, 6.07) is 5.27. The average molecular weight is 238 g/mol. The summed E-state index contributed by atoms with van der Waals surface area (Å²) < 4.78 is 5.76. The van der Waals surface area contributed by atoms with Gasteiger partial charge in [-0.3, -0.25) is 0 Å². The molecule has 2 heterocycles. The molecule has 0 atom stereocenters. The first-order chi connectivity index (χ1) is 6.20. The summed E-state index contributed by atoms with van der Waals surface area (Å²) in [6.45, 7) is 0. The lowest BCUT2D eigenvalue weighted by Crippen LogP contribution is -1.89. The van der Waals surface area contributed by atoms with Crippen molar-refractivity contribution >= 4 is 32.7 Å². The maximum Gasteiger partial charge on any atom is 0.204 e. The van der Waals surface area contributed by atoms with Crippen molar-refractivity contribution in [1.82, 2.24) is 4.98 Å². The number of anilines is 1.